The number of rotatable bonds is 6. The first-order chi connectivity index (χ1) is 14.3. The van der Waals surface area contributed by atoms with Crippen LogP contribution in [0.25, 0.3) is 0 Å². The molecule has 1 heterocycles. The number of benzene rings is 1. The molecule has 30 heavy (non-hydrogen) atoms. The minimum Gasteiger partial charge on any atom is -0.486 e. The molecular formula is C23H36N4O3. The zero-order valence-corrected chi connectivity index (χ0v) is 18.8. The summed E-state index contributed by atoms with van der Waals surface area (Å²) in [5, 5.41) is 9.69. The molecule has 1 aliphatic carbocycles. The third-order valence-electron chi connectivity index (χ3n) is 5.55. The van der Waals surface area contributed by atoms with Crippen molar-refractivity contribution in [3.05, 3.63) is 23.8 Å². The zero-order chi connectivity index (χ0) is 21.6. The molecule has 0 saturated heterocycles. The van der Waals surface area contributed by atoms with Crippen LogP contribution >= 0.6 is 0 Å². The molecule has 0 spiro atoms. The van der Waals surface area contributed by atoms with Crippen LogP contribution in [0.5, 0.6) is 11.5 Å². The molecule has 2 aliphatic rings. The van der Waals surface area contributed by atoms with Crippen molar-refractivity contribution in [3.63, 3.8) is 0 Å². The van der Waals surface area contributed by atoms with E-state index >= 15 is 0 Å². The van der Waals surface area contributed by atoms with Gasteiger partial charge < -0.3 is 25.4 Å². The van der Waals surface area contributed by atoms with Gasteiger partial charge in [-0.15, -0.1) is 0 Å². The summed E-state index contributed by atoms with van der Waals surface area (Å²) in [5.74, 6) is 2.25. The maximum Gasteiger partial charge on any atom is 0.242 e. The van der Waals surface area contributed by atoms with Gasteiger partial charge in [-0.2, -0.15) is 0 Å². The summed E-state index contributed by atoms with van der Waals surface area (Å²) in [5.41, 5.74) is 1.04. The second-order valence-electron chi connectivity index (χ2n) is 9.19. The van der Waals surface area contributed by atoms with Crippen molar-refractivity contribution < 1.29 is 14.3 Å². The minimum atomic E-state index is -0.259. The summed E-state index contributed by atoms with van der Waals surface area (Å²) in [7, 11) is 0. The Morgan fingerprint density at radius 2 is 1.80 bits per heavy atom. The van der Waals surface area contributed by atoms with E-state index in [-0.39, 0.29) is 23.4 Å². The van der Waals surface area contributed by atoms with E-state index < -0.39 is 0 Å². The number of nitrogens with zero attached hydrogens (tertiary/aromatic N) is 1. The Morgan fingerprint density at radius 3 is 2.47 bits per heavy atom. The first kappa shape index (κ1) is 22.2. The first-order valence-corrected chi connectivity index (χ1v) is 11.0. The first-order valence-electron chi connectivity index (χ1n) is 11.0. The highest BCUT2D eigenvalue weighted by atomic mass is 16.6. The molecule has 166 valence electrons. The van der Waals surface area contributed by atoms with E-state index in [0.29, 0.717) is 19.2 Å². The SMILES string of the molecule is CCNC(=NCC(=O)NC(C)(C)C)NCC1(c2ccc3c(c2)OCCO3)CCCC1. The van der Waals surface area contributed by atoms with E-state index in [4.69, 9.17) is 9.47 Å². The van der Waals surface area contributed by atoms with Crippen molar-refractivity contribution in [1.82, 2.24) is 16.0 Å². The quantitative estimate of drug-likeness (QED) is 0.491. The largest absolute Gasteiger partial charge is 0.486 e. The Balaban J connectivity index is 1.70. The van der Waals surface area contributed by atoms with Gasteiger partial charge >= 0.3 is 0 Å². The second-order valence-corrected chi connectivity index (χ2v) is 9.19. The highest BCUT2D eigenvalue weighted by molar-refractivity contribution is 5.85. The summed E-state index contributed by atoms with van der Waals surface area (Å²) in [6.07, 6.45) is 4.64. The highest BCUT2D eigenvalue weighted by Gasteiger charge is 2.36. The maximum absolute atomic E-state index is 12.1. The number of ether oxygens (including phenoxy) is 2. The maximum atomic E-state index is 12.1. The summed E-state index contributed by atoms with van der Waals surface area (Å²) in [6, 6.07) is 6.34. The predicted octanol–water partition coefficient (Wildman–Crippen LogP) is 2.74. The molecular weight excluding hydrogens is 380 g/mol. The van der Waals surface area contributed by atoms with Crippen molar-refractivity contribution in [1.29, 1.82) is 0 Å². The fourth-order valence-electron chi connectivity index (χ4n) is 4.20. The second kappa shape index (κ2) is 9.58. The molecule has 1 aromatic rings. The van der Waals surface area contributed by atoms with Gasteiger partial charge in [-0.25, -0.2) is 4.99 Å². The summed E-state index contributed by atoms with van der Waals surface area (Å²) in [6.45, 7) is 10.7. The molecule has 0 radical (unpaired) electrons. The van der Waals surface area contributed by atoms with Gasteiger partial charge in [-0.3, -0.25) is 4.79 Å². The Morgan fingerprint density at radius 1 is 1.10 bits per heavy atom. The fraction of sp³-hybridized carbons (Fsp3) is 0.652. The average molecular weight is 417 g/mol. The lowest BCUT2D eigenvalue weighted by molar-refractivity contribution is -0.121. The molecule has 0 atom stereocenters. The number of fused-ring (bicyclic) bond motifs is 1. The molecule has 0 aromatic heterocycles. The van der Waals surface area contributed by atoms with Gasteiger partial charge in [-0.05, 0) is 58.2 Å². The van der Waals surface area contributed by atoms with Crippen LogP contribution in [0.15, 0.2) is 23.2 Å². The third kappa shape index (κ3) is 5.80. The monoisotopic (exact) mass is 416 g/mol. The number of guanidine groups is 1. The van der Waals surface area contributed by atoms with Crippen molar-refractivity contribution in [2.45, 2.75) is 64.3 Å². The molecule has 3 N–H and O–H groups in total. The van der Waals surface area contributed by atoms with E-state index in [2.05, 4.69) is 33.1 Å². The summed E-state index contributed by atoms with van der Waals surface area (Å²) in [4.78, 5) is 16.6. The molecule has 7 heteroatoms. The molecule has 1 saturated carbocycles. The number of carbonyl (C=O) groups is 1. The Kier molecular flexibility index (Phi) is 7.10. The van der Waals surface area contributed by atoms with Crippen molar-refractivity contribution >= 4 is 11.9 Å². The zero-order valence-electron chi connectivity index (χ0n) is 18.8. The van der Waals surface area contributed by atoms with Gasteiger partial charge in [-0.1, -0.05) is 18.9 Å². The van der Waals surface area contributed by atoms with Crippen LogP contribution in [0.2, 0.25) is 0 Å². The molecule has 1 aliphatic heterocycles. The van der Waals surface area contributed by atoms with E-state index in [1.807, 2.05) is 33.8 Å². The molecule has 1 amide bonds. The number of hydrogen-bond acceptors (Lipinski definition) is 4. The number of nitrogens with one attached hydrogen (secondary N) is 3. The number of aliphatic imine (C=N–C) groups is 1. The van der Waals surface area contributed by atoms with Gasteiger partial charge in [0.05, 0.1) is 0 Å². The Hall–Kier alpha value is -2.44. The lowest BCUT2D eigenvalue weighted by Crippen LogP contribution is -2.46. The third-order valence-corrected chi connectivity index (χ3v) is 5.55. The van der Waals surface area contributed by atoms with E-state index in [1.165, 1.54) is 18.4 Å². The van der Waals surface area contributed by atoms with Crippen molar-refractivity contribution in [2.75, 3.05) is 32.8 Å². The Labute approximate surface area is 180 Å². The smallest absolute Gasteiger partial charge is 0.242 e. The van der Waals surface area contributed by atoms with E-state index in [1.54, 1.807) is 0 Å². The van der Waals surface area contributed by atoms with Crippen LogP contribution in [-0.4, -0.2) is 50.3 Å². The standard InChI is InChI=1S/C23H36N4O3/c1-5-24-21(25-15-20(28)27-22(2,3)4)26-16-23(10-6-7-11-23)17-8-9-18-19(14-17)30-13-12-29-18/h8-9,14H,5-7,10-13,15-16H2,1-4H3,(H,27,28)(H2,24,25,26). The Bertz CT molecular complexity index is 764. The van der Waals surface area contributed by atoms with Crippen molar-refractivity contribution in [3.8, 4) is 11.5 Å². The van der Waals surface area contributed by atoms with Crippen LogP contribution in [0.3, 0.4) is 0 Å². The van der Waals surface area contributed by atoms with E-state index in [9.17, 15) is 4.79 Å². The van der Waals surface area contributed by atoms with Crippen molar-refractivity contribution in [2.24, 2.45) is 4.99 Å². The van der Waals surface area contributed by atoms with Gasteiger partial charge in [0.2, 0.25) is 5.91 Å². The van der Waals surface area contributed by atoms with Crippen LogP contribution in [0.4, 0.5) is 0 Å². The van der Waals surface area contributed by atoms with Crippen LogP contribution < -0.4 is 25.4 Å². The van der Waals surface area contributed by atoms with Crippen LogP contribution in [0, 0.1) is 0 Å². The lowest BCUT2D eigenvalue weighted by atomic mass is 9.78. The normalized spacial score (nSPS) is 18.1. The van der Waals surface area contributed by atoms with Gasteiger partial charge in [0.25, 0.3) is 0 Å². The minimum absolute atomic E-state index is 0.0275. The van der Waals surface area contributed by atoms with Gasteiger partial charge in [0, 0.05) is 24.0 Å². The highest BCUT2D eigenvalue weighted by Crippen LogP contribution is 2.43. The predicted molar refractivity (Wildman–Crippen MR) is 119 cm³/mol. The van der Waals surface area contributed by atoms with Gasteiger partial charge in [0.1, 0.15) is 19.8 Å². The number of amides is 1. The lowest BCUT2D eigenvalue weighted by Gasteiger charge is -2.32. The number of carbonyl (C=O) groups excluding carboxylic acids is 1. The van der Waals surface area contributed by atoms with E-state index in [0.717, 1.165) is 37.4 Å². The summed E-state index contributed by atoms with van der Waals surface area (Å²) >= 11 is 0. The average Bonchev–Trinajstić information content (AvgIpc) is 3.18. The van der Waals surface area contributed by atoms with Crippen LogP contribution in [0.1, 0.15) is 58.9 Å². The fourth-order valence-corrected chi connectivity index (χ4v) is 4.20. The molecule has 0 bridgehead atoms. The molecule has 7 nitrogen and oxygen atoms in total. The molecule has 3 rings (SSSR count). The summed E-state index contributed by atoms with van der Waals surface area (Å²) < 4.78 is 11.5. The van der Waals surface area contributed by atoms with Crippen LogP contribution in [-0.2, 0) is 10.2 Å². The number of hydrogen-bond donors (Lipinski definition) is 3. The molecule has 1 fully saturated rings. The molecule has 0 unspecified atom stereocenters. The topological polar surface area (TPSA) is 84.0 Å². The van der Waals surface area contributed by atoms with Gasteiger partial charge in [0.15, 0.2) is 17.5 Å². The molecule has 1 aromatic carbocycles.